The number of aliphatic carboxylic acids is 1. The van der Waals surface area contributed by atoms with Crippen LogP contribution in [0.4, 0.5) is 5.82 Å². The van der Waals surface area contributed by atoms with E-state index in [9.17, 15) is 9.59 Å². The highest BCUT2D eigenvalue weighted by molar-refractivity contribution is 6.31. The van der Waals surface area contributed by atoms with Gasteiger partial charge in [-0.2, -0.15) is 4.98 Å². The van der Waals surface area contributed by atoms with E-state index >= 15 is 0 Å². The van der Waals surface area contributed by atoms with Crippen molar-refractivity contribution in [3.05, 3.63) is 63.5 Å². The van der Waals surface area contributed by atoms with Crippen LogP contribution < -0.4 is 11.0 Å². The first kappa shape index (κ1) is 16.0. The summed E-state index contributed by atoms with van der Waals surface area (Å²) >= 11 is 6.09. The largest absolute Gasteiger partial charge is 0.481 e. The maximum atomic E-state index is 12.5. The van der Waals surface area contributed by atoms with Gasteiger partial charge in [-0.1, -0.05) is 23.7 Å². The lowest BCUT2D eigenvalue weighted by Crippen LogP contribution is -2.23. The molecule has 0 saturated carbocycles. The number of hydrogen-bond donors (Lipinski definition) is 2. The van der Waals surface area contributed by atoms with Crippen LogP contribution >= 0.6 is 11.6 Å². The molecule has 0 aliphatic rings. The highest BCUT2D eigenvalue weighted by Gasteiger charge is 2.12. The van der Waals surface area contributed by atoms with Gasteiger partial charge in [0.25, 0.3) is 0 Å². The summed E-state index contributed by atoms with van der Waals surface area (Å²) in [7, 11) is 1.69. The van der Waals surface area contributed by atoms with Gasteiger partial charge >= 0.3 is 11.7 Å². The minimum absolute atomic E-state index is 0.122. The minimum atomic E-state index is -0.934. The highest BCUT2D eigenvalue weighted by Crippen LogP contribution is 2.25. The molecule has 6 nitrogen and oxygen atoms in total. The smallest absolute Gasteiger partial charge is 0.354 e. The standard InChI is InChI=1S/C17H14ClN3O3/c1-19-16-13-6-5-11(18)9-14(13)21(17(24)20-16)12-4-2-3-10(7-12)8-15(22)23/h2-7,9H,8H2,1H3,(H,22,23)(H,19,20,24). The van der Waals surface area contributed by atoms with E-state index in [4.69, 9.17) is 16.7 Å². The molecule has 1 heterocycles. The summed E-state index contributed by atoms with van der Waals surface area (Å²) < 4.78 is 1.42. The van der Waals surface area contributed by atoms with Crippen LogP contribution in [0.15, 0.2) is 47.3 Å². The average molecular weight is 344 g/mol. The number of hydrogen-bond acceptors (Lipinski definition) is 4. The number of benzene rings is 2. The molecule has 0 radical (unpaired) electrons. The van der Waals surface area contributed by atoms with E-state index < -0.39 is 11.7 Å². The Labute approximate surface area is 142 Å². The SMILES string of the molecule is CNc1nc(=O)n(-c2cccc(CC(=O)O)c2)c2cc(Cl)ccc12. The highest BCUT2D eigenvalue weighted by atomic mass is 35.5. The van der Waals surface area contributed by atoms with Crippen molar-refractivity contribution in [2.24, 2.45) is 0 Å². The van der Waals surface area contributed by atoms with E-state index in [1.165, 1.54) is 4.57 Å². The number of rotatable bonds is 4. The normalized spacial score (nSPS) is 10.8. The summed E-state index contributed by atoms with van der Waals surface area (Å²) in [5.41, 5.74) is 1.27. The van der Waals surface area contributed by atoms with Crippen molar-refractivity contribution in [3.8, 4) is 5.69 Å². The van der Waals surface area contributed by atoms with Crippen molar-refractivity contribution in [2.75, 3.05) is 12.4 Å². The second-order valence-corrected chi connectivity index (χ2v) is 5.67. The summed E-state index contributed by atoms with van der Waals surface area (Å²) in [4.78, 5) is 27.5. The van der Waals surface area contributed by atoms with E-state index in [0.717, 1.165) is 5.39 Å². The predicted octanol–water partition coefficient (Wildman–Crippen LogP) is 2.71. The van der Waals surface area contributed by atoms with E-state index in [-0.39, 0.29) is 6.42 Å². The van der Waals surface area contributed by atoms with Gasteiger partial charge in [0.05, 0.1) is 17.6 Å². The zero-order valence-corrected chi connectivity index (χ0v) is 13.5. The number of carboxylic acid groups (broad SMARTS) is 1. The zero-order chi connectivity index (χ0) is 17.3. The first-order valence-corrected chi connectivity index (χ1v) is 7.58. The second kappa shape index (κ2) is 6.33. The molecule has 0 aliphatic carbocycles. The molecule has 1 aromatic heterocycles. The van der Waals surface area contributed by atoms with E-state index in [1.54, 1.807) is 49.5 Å². The molecule has 0 amide bonds. The molecule has 2 aromatic carbocycles. The van der Waals surface area contributed by atoms with Crippen LogP contribution in [0.3, 0.4) is 0 Å². The number of anilines is 1. The maximum Gasteiger partial charge on any atom is 0.354 e. The summed E-state index contributed by atoms with van der Waals surface area (Å²) in [6.07, 6.45) is -0.122. The molecule has 24 heavy (non-hydrogen) atoms. The van der Waals surface area contributed by atoms with Gasteiger partial charge in [-0.05, 0) is 35.9 Å². The van der Waals surface area contributed by atoms with E-state index in [1.807, 2.05) is 0 Å². The van der Waals surface area contributed by atoms with Crippen molar-refractivity contribution < 1.29 is 9.90 Å². The lowest BCUT2D eigenvalue weighted by molar-refractivity contribution is -0.136. The molecular weight excluding hydrogens is 330 g/mol. The van der Waals surface area contributed by atoms with Crippen LogP contribution in [-0.2, 0) is 11.2 Å². The zero-order valence-electron chi connectivity index (χ0n) is 12.8. The molecule has 0 atom stereocenters. The number of carboxylic acids is 1. The van der Waals surface area contributed by atoms with Crippen LogP contribution in [0.1, 0.15) is 5.56 Å². The summed E-state index contributed by atoms with van der Waals surface area (Å²) in [5, 5.41) is 13.1. The van der Waals surface area contributed by atoms with Gasteiger partial charge < -0.3 is 10.4 Å². The third kappa shape index (κ3) is 2.96. The Kier molecular flexibility index (Phi) is 4.22. The molecule has 0 aliphatic heterocycles. The summed E-state index contributed by atoms with van der Waals surface area (Å²) in [6, 6.07) is 12.0. The first-order chi connectivity index (χ1) is 11.5. The van der Waals surface area contributed by atoms with Gasteiger partial charge in [-0.25, -0.2) is 4.79 Å². The van der Waals surface area contributed by atoms with Gasteiger partial charge in [0.15, 0.2) is 0 Å². The Bertz CT molecular complexity index is 998. The van der Waals surface area contributed by atoms with Gasteiger partial charge in [0.1, 0.15) is 5.82 Å². The molecular formula is C17H14ClN3O3. The van der Waals surface area contributed by atoms with Crippen molar-refractivity contribution >= 4 is 34.3 Å². The fourth-order valence-corrected chi connectivity index (χ4v) is 2.79. The van der Waals surface area contributed by atoms with Gasteiger partial charge in [0.2, 0.25) is 0 Å². The van der Waals surface area contributed by atoms with Crippen LogP contribution in [0.5, 0.6) is 0 Å². The number of carbonyl (C=O) groups is 1. The van der Waals surface area contributed by atoms with Crippen LogP contribution in [-0.4, -0.2) is 27.7 Å². The monoisotopic (exact) mass is 343 g/mol. The molecule has 7 heteroatoms. The fourth-order valence-electron chi connectivity index (χ4n) is 2.62. The molecule has 0 fully saturated rings. The topological polar surface area (TPSA) is 84.2 Å². The van der Waals surface area contributed by atoms with Crippen molar-refractivity contribution in [1.82, 2.24) is 9.55 Å². The average Bonchev–Trinajstić information content (AvgIpc) is 2.53. The number of fused-ring (bicyclic) bond motifs is 1. The molecule has 122 valence electrons. The van der Waals surface area contributed by atoms with Crippen LogP contribution in [0, 0.1) is 0 Å². The van der Waals surface area contributed by atoms with Crippen molar-refractivity contribution in [2.45, 2.75) is 6.42 Å². The first-order valence-electron chi connectivity index (χ1n) is 7.21. The Morgan fingerprint density at radius 2 is 2.08 bits per heavy atom. The van der Waals surface area contributed by atoms with Crippen molar-refractivity contribution in [3.63, 3.8) is 0 Å². The van der Waals surface area contributed by atoms with Crippen LogP contribution in [0.2, 0.25) is 5.02 Å². The lowest BCUT2D eigenvalue weighted by Gasteiger charge is -2.13. The van der Waals surface area contributed by atoms with Gasteiger partial charge in [-0.3, -0.25) is 9.36 Å². The minimum Gasteiger partial charge on any atom is -0.481 e. The predicted molar refractivity (Wildman–Crippen MR) is 93.2 cm³/mol. The molecule has 0 unspecified atom stereocenters. The third-order valence-corrected chi connectivity index (χ3v) is 3.85. The molecule has 2 N–H and O–H groups in total. The van der Waals surface area contributed by atoms with E-state index in [2.05, 4.69) is 10.3 Å². The maximum absolute atomic E-state index is 12.5. The molecule has 3 rings (SSSR count). The molecule has 0 saturated heterocycles. The Balaban J connectivity index is 2.30. The second-order valence-electron chi connectivity index (χ2n) is 5.23. The Hall–Kier alpha value is -2.86. The fraction of sp³-hybridized carbons (Fsp3) is 0.118. The Morgan fingerprint density at radius 3 is 2.79 bits per heavy atom. The van der Waals surface area contributed by atoms with Gasteiger partial charge in [0, 0.05) is 17.5 Å². The molecule has 3 aromatic rings. The number of nitrogens with one attached hydrogen (secondary N) is 1. The van der Waals surface area contributed by atoms with E-state index in [0.29, 0.717) is 27.6 Å². The van der Waals surface area contributed by atoms with Gasteiger partial charge in [-0.15, -0.1) is 0 Å². The summed E-state index contributed by atoms with van der Waals surface area (Å²) in [5.74, 6) is -0.472. The quantitative estimate of drug-likeness (QED) is 0.761. The van der Waals surface area contributed by atoms with Crippen molar-refractivity contribution in [1.29, 1.82) is 0 Å². The number of aromatic nitrogens is 2. The molecule has 0 spiro atoms. The number of halogens is 1. The third-order valence-electron chi connectivity index (χ3n) is 3.62. The lowest BCUT2D eigenvalue weighted by atomic mass is 10.1. The Morgan fingerprint density at radius 1 is 1.29 bits per heavy atom. The molecule has 0 bridgehead atoms. The number of nitrogens with zero attached hydrogens (tertiary/aromatic N) is 2. The van der Waals surface area contributed by atoms with Crippen LogP contribution in [0.25, 0.3) is 16.6 Å². The summed E-state index contributed by atoms with van der Waals surface area (Å²) in [6.45, 7) is 0.